The van der Waals surface area contributed by atoms with E-state index in [9.17, 15) is 0 Å². The molecule has 0 saturated carbocycles. The fourth-order valence-electron chi connectivity index (χ4n) is 2.25. The van der Waals surface area contributed by atoms with Gasteiger partial charge >= 0.3 is 0 Å². The lowest BCUT2D eigenvalue weighted by atomic mass is 9.96. The predicted octanol–water partition coefficient (Wildman–Crippen LogP) is 1.40. The fourth-order valence-corrected chi connectivity index (χ4v) is 2.25. The summed E-state index contributed by atoms with van der Waals surface area (Å²) in [5.41, 5.74) is 0. The van der Waals surface area contributed by atoms with Gasteiger partial charge in [-0.05, 0) is 45.7 Å². The van der Waals surface area contributed by atoms with Crippen molar-refractivity contribution in [3.05, 3.63) is 12.4 Å². The largest absolute Gasteiger partial charge is 0.301 e. The highest BCUT2D eigenvalue weighted by Gasteiger charge is 2.20. The fraction of sp³-hybridized carbons (Fsp3) is 0.818. The molecule has 0 radical (unpaired) electrons. The Bertz CT molecular complexity index is 273. The van der Waals surface area contributed by atoms with E-state index in [1.54, 1.807) is 6.20 Å². The van der Waals surface area contributed by atoms with E-state index in [1.165, 1.54) is 25.9 Å². The summed E-state index contributed by atoms with van der Waals surface area (Å²) in [6, 6.07) is 0.692. The second kappa shape index (κ2) is 4.75. The maximum atomic E-state index is 4.02. The van der Waals surface area contributed by atoms with Crippen molar-refractivity contribution in [2.75, 3.05) is 13.1 Å². The third-order valence-electron chi connectivity index (χ3n) is 3.30. The molecule has 1 saturated heterocycles. The molecule has 1 aliphatic heterocycles. The van der Waals surface area contributed by atoms with E-state index in [4.69, 9.17) is 0 Å². The Morgan fingerprint density at radius 2 is 2.07 bits per heavy atom. The molecule has 1 aromatic rings. The van der Waals surface area contributed by atoms with Crippen LogP contribution >= 0.6 is 0 Å². The molecule has 4 nitrogen and oxygen atoms in total. The Hall–Kier alpha value is -0.900. The Morgan fingerprint density at radius 1 is 1.33 bits per heavy atom. The molecule has 0 N–H and O–H groups in total. The molecule has 2 rings (SSSR count). The quantitative estimate of drug-likeness (QED) is 0.753. The molecule has 1 fully saturated rings. The van der Waals surface area contributed by atoms with E-state index in [2.05, 4.69) is 29.1 Å². The van der Waals surface area contributed by atoms with Crippen molar-refractivity contribution in [3.63, 3.8) is 0 Å². The molecule has 0 bridgehead atoms. The van der Waals surface area contributed by atoms with Crippen LogP contribution in [0.1, 0.15) is 26.7 Å². The van der Waals surface area contributed by atoms with Gasteiger partial charge in [-0.1, -0.05) is 5.21 Å². The Morgan fingerprint density at radius 3 is 2.60 bits per heavy atom. The van der Waals surface area contributed by atoms with Crippen LogP contribution in [0.25, 0.3) is 0 Å². The maximum absolute atomic E-state index is 4.02. The zero-order valence-electron chi connectivity index (χ0n) is 9.63. The van der Waals surface area contributed by atoms with Crippen molar-refractivity contribution in [1.82, 2.24) is 19.9 Å². The molecule has 2 heterocycles. The summed E-state index contributed by atoms with van der Waals surface area (Å²) in [4.78, 5) is 2.55. The second-order valence-corrected chi connectivity index (χ2v) is 4.70. The Kier molecular flexibility index (Phi) is 3.36. The van der Waals surface area contributed by atoms with Crippen molar-refractivity contribution in [2.24, 2.45) is 5.92 Å². The molecule has 15 heavy (non-hydrogen) atoms. The summed E-state index contributed by atoms with van der Waals surface area (Å²) in [5.74, 6) is 0.779. The Labute approximate surface area is 91.3 Å². The third-order valence-corrected chi connectivity index (χ3v) is 3.30. The van der Waals surface area contributed by atoms with E-state index < -0.39 is 0 Å². The van der Waals surface area contributed by atoms with Crippen LogP contribution in [0.5, 0.6) is 0 Å². The lowest BCUT2D eigenvalue weighted by Gasteiger charge is -2.34. The summed E-state index contributed by atoms with van der Waals surface area (Å²) >= 11 is 0. The lowest BCUT2D eigenvalue weighted by molar-refractivity contribution is 0.139. The summed E-state index contributed by atoms with van der Waals surface area (Å²) in [6.07, 6.45) is 6.29. The van der Waals surface area contributed by atoms with Gasteiger partial charge in [0.25, 0.3) is 0 Å². The summed E-state index contributed by atoms with van der Waals surface area (Å²) in [5, 5.41) is 7.85. The minimum absolute atomic E-state index is 0.692. The number of hydrogen-bond acceptors (Lipinski definition) is 3. The van der Waals surface area contributed by atoms with Gasteiger partial charge in [0.2, 0.25) is 0 Å². The highest BCUT2D eigenvalue weighted by Crippen LogP contribution is 2.19. The number of aromatic nitrogens is 3. The van der Waals surface area contributed by atoms with Crippen LogP contribution in [0, 0.1) is 5.92 Å². The minimum atomic E-state index is 0.692. The van der Waals surface area contributed by atoms with Crippen molar-refractivity contribution < 1.29 is 0 Å². The number of piperidine rings is 1. The number of nitrogens with zero attached hydrogens (tertiary/aromatic N) is 4. The van der Waals surface area contributed by atoms with Gasteiger partial charge in [0, 0.05) is 18.8 Å². The normalized spacial score (nSPS) is 19.9. The Balaban J connectivity index is 1.79. The van der Waals surface area contributed by atoms with Crippen LogP contribution < -0.4 is 0 Å². The smallest absolute Gasteiger partial charge is 0.0692 e. The standard InChI is InChI=1S/C11H20N4/c1-10(2)14-6-3-11(4-7-14)9-15-8-5-12-13-15/h5,8,10-11H,3-4,6-7,9H2,1-2H3. The van der Waals surface area contributed by atoms with Gasteiger partial charge in [-0.25, -0.2) is 0 Å². The molecule has 1 aromatic heterocycles. The van der Waals surface area contributed by atoms with Crippen molar-refractivity contribution in [1.29, 1.82) is 0 Å². The van der Waals surface area contributed by atoms with Crippen molar-refractivity contribution in [2.45, 2.75) is 39.3 Å². The molecule has 0 unspecified atom stereocenters. The monoisotopic (exact) mass is 208 g/mol. The van der Waals surface area contributed by atoms with Crippen molar-refractivity contribution >= 4 is 0 Å². The zero-order chi connectivity index (χ0) is 10.7. The molecule has 0 aromatic carbocycles. The molecular formula is C11H20N4. The first kappa shape index (κ1) is 10.6. The van der Waals surface area contributed by atoms with E-state index in [1.807, 2.05) is 10.9 Å². The summed E-state index contributed by atoms with van der Waals surface area (Å²) < 4.78 is 1.95. The van der Waals surface area contributed by atoms with Gasteiger partial charge in [-0.3, -0.25) is 4.68 Å². The highest BCUT2D eigenvalue weighted by atomic mass is 15.4. The van der Waals surface area contributed by atoms with Crippen LogP contribution in [0.3, 0.4) is 0 Å². The molecule has 1 aliphatic rings. The van der Waals surface area contributed by atoms with Crippen molar-refractivity contribution in [3.8, 4) is 0 Å². The topological polar surface area (TPSA) is 34.0 Å². The third kappa shape index (κ3) is 2.78. The molecule has 4 heteroatoms. The van der Waals surface area contributed by atoms with Crippen LogP contribution in [-0.2, 0) is 6.54 Å². The molecule has 0 spiro atoms. The number of rotatable bonds is 3. The van der Waals surface area contributed by atoms with Gasteiger partial charge in [0.05, 0.1) is 6.20 Å². The summed E-state index contributed by atoms with van der Waals surface area (Å²) in [6.45, 7) is 8.05. The van der Waals surface area contributed by atoms with Crippen LogP contribution in [0.15, 0.2) is 12.4 Å². The van der Waals surface area contributed by atoms with E-state index in [0.717, 1.165) is 12.5 Å². The first-order valence-electron chi connectivity index (χ1n) is 5.84. The zero-order valence-corrected chi connectivity index (χ0v) is 9.63. The predicted molar refractivity (Wildman–Crippen MR) is 59.5 cm³/mol. The second-order valence-electron chi connectivity index (χ2n) is 4.70. The SMILES string of the molecule is CC(C)N1CCC(Cn2ccnn2)CC1. The first-order valence-corrected chi connectivity index (χ1v) is 5.84. The van der Waals surface area contributed by atoms with Gasteiger partial charge in [0.15, 0.2) is 0 Å². The average molecular weight is 208 g/mol. The van der Waals surface area contributed by atoms with Crippen LogP contribution in [-0.4, -0.2) is 39.0 Å². The molecule has 0 atom stereocenters. The van der Waals surface area contributed by atoms with Crippen LogP contribution in [0.2, 0.25) is 0 Å². The lowest BCUT2D eigenvalue weighted by Crippen LogP contribution is -2.39. The van der Waals surface area contributed by atoms with E-state index in [-0.39, 0.29) is 0 Å². The van der Waals surface area contributed by atoms with E-state index >= 15 is 0 Å². The first-order chi connectivity index (χ1) is 7.25. The van der Waals surface area contributed by atoms with Gasteiger partial charge in [-0.15, -0.1) is 5.10 Å². The van der Waals surface area contributed by atoms with Gasteiger partial charge in [-0.2, -0.15) is 0 Å². The minimum Gasteiger partial charge on any atom is -0.301 e. The molecular weight excluding hydrogens is 188 g/mol. The van der Waals surface area contributed by atoms with E-state index in [0.29, 0.717) is 6.04 Å². The maximum Gasteiger partial charge on any atom is 0.0692 e. The van der Waals surface area contributed by atoms with Gasteiger partial charge < -0.3 is 4.90 Å². The van der Waals surface area contributed by atoms with Crippen LogP contribution in [0.4, 0.5) is 0 Å². The highest BCUT2D eigenvalue weighted by molar-refractivity contribution is 4.75. The number of hydrogen-bond donors (Lipinski definition) is 0. The van der Waals surface area contributed by atoms with Gasteiger partial charge in [0.1, 0.15) is 0 Å². The average Bonchev–Trinajstić information content (AvgIpc) is 2.71. The molecule has 84 valence electrons. The molecule has 0 aliphatic carbocycles. The summed E-state index contributed by atoms with van der Waals surface area (Å²) in [7, 11) is 0. The molecule has 0 amide bonds. The number of likely N-dealkylation sites (tertiary alicyclic amines) is 1.